The second-order valence-electron chi connectivity index (χ2n) is 5.82. The summed E-state index contributed by atoms with van der Waals surface area (Å²) in [7, 11) is 3.25. The molecule has 6 nitrogen and oxygen atoms in total. The van der Waals surface area contributed by atoms with Crippen molar-refractivity contribution in [1.29, 1.82) is 0 Å². The summed E-state index contributed by atoms with van der Waals surface area (Å²) in [5.74, 6) is 0.820. The summed E-state index contributed by atoms with van der Waals surface area (Å²) in [5.41, 5.74) is 2.24. The van der Waals surface area contributed by atoms with Gasteiger partial charge < -0.3 is 15.0 Å². The van der Waals surface area contributed by atoms with Crippen LogP contribution >= 0.6 is 0 Å². The molecule has 1 aliphatic heterocycles. The summed E-state index contributed by atoms with van der Waals surface area (Å²) in [6.07, 6.45) is 4.46. The molecule has 0 amide bonds. The minimum absolute atomic E-state index is 0.0213. The van der Waals surface area contributed by atoms with Crippen LogP contribution < -0.4 is 5.32 Å². The highest BCUT2D eigenvalue weighted by Gasteiger charge is 2.26. The maximum atomic E-state index is 11.6. The summed E-state index contributed by atoms with van der Waals surface area (Å²) < 4.78 is 4.82. The highest BCUT2D eigenvalue weighted by Crippen LogP contribution is 2.18. The summed E-state index contributed by atoms with van der Waals surface area (Å²) >= 11 is 0. The van der Waals surface area contributed by atoms with Crippen molar-refractivity contribution in [3.05, 3.63) is 29.6 Å². The molecule has 0 atom stereocenters. The van der Waals surface area contributed by atoms with E-state index >= 15 is 0 Å². The normalized spacial score (nSPS) is 16.3. The van der Waals surface area contributed by atoms with E-state index in [4.69, 9.17) is 4.74 Å². The number of guanidine groups is 1. The maximum Gasteiger partial charge on any atom is 0.308 e. The van der Waals surface area contributed by atoms with Gasteiger partial charge in [-0.15, -0.1) is 0 Å². The Balaban J connectivity index is 1.77. The van der Waals surface area contributed by atoms with E-state index in [1.165, 1.54) is 12.7 Å². The van der Waals surface area contributed by atoms with Crippen LogP contribution in [-0.4, -0.2) is 55.6 Å². The first-order chi connectivity index (χ1) is 11.1. The molecule has 23 heavy (non-hydrogen) atoms. The standard InChI is InChI=1S/C17H26N4O2/c1-13-4-5-14(12-20-13)6-9-19-17(18-2)21-10-7-15(8-11-21)16(22)23-3/h4-5,12,15H,6-11H2,1-3H3,(H,18,19). The topological polar surface area (TPSA) is 66.8 Å². The number of hydrogen-bond acceptors (Lipinski definition) is 4. The van der Waals surface area contributed by atoms with Crippen LogP contribution in [0.1, 0.15) is 24.1 Å². The third-order valence-corrected chi connectivity index (χ3v) is 4.21. The summed E-state index contributed by atoms with van der Waals surface area (Å²) in [5, 5.41) is 3.39. The molecule has 1 aliphatic rings. The van der Waals surface area contributed by atoms with E-state index in [2.05, 4.69) is 26.3 Å². The Morgan fingerprint density at radius 3 is 2.74 bits per heavy atom. The number of ether oxygens (including phenoxy) is 1. The predicted octanol–water partition coefficient (Wildman–Crippen LogP) is 1.39. The molecule has 0 radical (unpaired) electrons. The average molecular weight is 318 g/mol. The van der Waals surface area contributed by atoms with Crippen molar-refractivity contribution in [3.63, 3.8) is 0 Å². The van der Waals surface area contributed by atoms with Crippen LogP contribution in [0.15, 0.2) is 23.3 Å². The van der Waals surface area contributed by atoms with Gasteiger partial charge in [0.2, 0.25) is 0 Å². The zero-order chi connectivity index (χ0) is 16.7. The van der Waals surface area contributed by atoms with Crippen LogP contribution in [-0.2, 0) is 16.0 Å². The smallest absolute Gasteiger partial charge is 0.308 e. The zero-order valence-electron chi connectivity index (χ0n) is 14.2. The predicted molar refractivity (Wildman–Crippen MR) is 90.4 cm³/mol. The molecule has 126 valence electrons. The summed E-state index contributed by atoms with van der Waals surface area (Å²) in [4.78, 5) is 22.4. The first-order valence-electron chi connectivity index (χ1n) is 8.09. The maximum absolute atomic E-state index is 11.6. The number of aromatic nitrogens is 1. The van der Waals surface area contributed by atoms with Gasteiger partial charge in [0.1, 0.15) is 0 Å². The fourth-order valence-electron chi connectivity index (χ4n) is 2.79. The van der Waals surface area contributed by atoms with E-state index < -0.39 is 0 Å². The van der Waals surface area contributed by atoms with E-state index in [-0.39, 0.29) is 11.9 Å². The number of rotatable bonds is 4. The van der Waals surface area contributed by atoms with Crippen LogP contribution in [0.5, 0.6) is 0 Å². The number of methoxy groups -OCH3 is 1. The lowest BCUT2D eigenvalue weighted by atomic mass is 9.97. The second kappa shape index (κ2) is 8.50. The van der Waals surface area contributed by atoms with E-state index in [1.807, 2.05) is 19.2 Å². The second-order valence-corrected chi connectivity index (χ2v) is 5.82. The monoisotopic (exact) mass is 318 g/mol. The molecule has 0 saturated carbocycles. The molecular weight excluding hydrogens is 292 g/mol. The number of nitrogens with one attached hydrogen (secondary N) is 1. The SMILES string of the molecule is CN=C(NCCc1ccc(C)nc1)N1CCC(C(=O)OC)CC1. The lowest BCUT2D eigenvalue weighted by Gasteiger charge is -2.33. The van der Waals surface area contributed by atoms with Gasteiger partial charge in [-0.3, -0.25) is 14.8 Å². The molecule has 0 bridgehead atoms. The van der Waals surface area contributed by atoms with Crippen molar-refractivity contribution < 1.29 is 9.53 Å². The number of esters is 1. The Bertz CT molecular complexity index is 534. The van der Waals surface area contributed by atoms with Gasteiger partial charge in [0.15, 0.2) is 5.96 Å². The third kappa shape index (κ3) is 4.94. The largest absolute Gasteiger partial charge is 0.469 e. The van der Waals surface area contributed by atoms with Crippen LogP contribution in [0, 0.1) is 12.8 Å². The molecule has 0 spiro atoms. The molecule has 0 aliphatic carbocycles. The fraction of sp³-hybridized carbons (Fsp3) is 0.588. The van der Waals surface area contributed by atoms with Gasteiger partial charge in [-0.2, -0.15) is 0 Å². The number of hydrogen-bond donors (Lipinski definition) is 1. The Kier molecular flexibility index (Phi) is 6.38. The third-order valence-electron chi connectivity index (χ3n) is 4.21. The minimum atomic E-state index is -0.0977. The van der Waals surface area contributed by atoms with Crippen molar-refractivity contribution in [2.45, 2.75) is 26.2 Å². The number of aryl methyl sites for hydroxylation is 1. The number of likely N-dealkylation sites (tertiary alicyclic amines) is 1. The van der Waals surface area contributed by atoms with E-state index in [1.54, 1.807) is 7.05 Å². The van der Waals surface area contributed by atoms with E-state index in [0.717, 1.165) is 50.6 Å². The van der Waals surface area contributed by atoms with Crippen LogP contribution in [0.25, 0.3) is 0 Å². The Hall–Kier alpha value is -2.11. The number of pyridine rings is 1. The Morgan fingerprint density at radius 2 is 2.17 bits per heavy atom. The molecular formula is C17H26N4O2. The average Bonchev–Trinajstić information content (AvgIpc) is 2.60. The Labute approximate surface area is 138 Å². The number of aliphatic imine (C=N–C) groups is 1. The van der Waals surface area contributed by atoms with E-state index in [9.17, 15) is 4.79 Å². The van der Waals surface area contributed by atoms with Gasteiger partial charge in [-0.05, 0) is 37.8 Å². The van der Waals surface area contributed by atoms with Gasteiger partial charge in [-0.25, -0.2) is 0 Å². The molecule has 1 aromatic rings. The quantitative estimate of drug-likeness (QED) is 0.516. The lowest BCUT2D eigenvalue weighted by molar-refractivity contribution is -0.146. The van der Waals surface area contributed by atoms with Crippen LogP contribution in [0.4, 0.5) is 0 Å². The van der Waals surface area contributed by atoms with Gasteiger partial charge in [0, 0.05) is 38.6 Å². The van der Waals surface area contributed by atoms with Gasteiger partial charge in [-0.1, -0.05) is 6.07 Å². The fourth-order valence-corrected chi connectivity index (χ4v) is 2.79. The van der Waals surface area contributed by atoms with Gasteiger partial charge in [0.05, 0.1) is 13.0 Å². The molecule has 2 rings (SSSR count). The molecule has 1 aromatic heterocycles. The number of piperidine rings is 1. The number of nitrogens with zero attached hydrogens (tertiary/aromatic N) is 3. The van der Waals surface area contributed by atoms with Crippen molar-refractivity contribution >= 4 is 11.9 Å². The van der Waals surface area contributed by atoms with Crippen LogP contribution in [0.3, 0.4) is 0 Å². The molecule has 1 N–H and O–H groups in total. The first kappa shape index (κ1) is 17.2. The van der Waals surface area contributed by atoms with Crippen molar-refractivity contribution in [2.75, 3.05) is 33.8 Å². The molecule has 6 heteroatoms. The van der Waals surface area contributed by atoms with E-state index in [0.29, 0.717) is 0 Å². The zero-order valence-corrected chi connectivity index (χ0v) is 14.2. The number of carbonyl (C=O) groups excluding carboxylic acids is 1. The number of carbonyl (C=O) groups is 1. The van der Waals surface area contributed by atoms with Crippen molar-refractivity contribution in [3.8, 4) is 0 Å². The summed E-state index contributed by atoms with van der Waals surface area (Å²) in [6.45, 7) is 4.45. The highest BCUT2D eigenvalue weighted by molar-refractivity contribution is 5.80. The Morgan fingerprint density at radius 1 is 1.43 bits per heavy atom. The highest BCUT2D eigenvalue weighted by atomic mass is 16.5. The molecule has 1 saturated heterocycles. The van der Waals surface area contributed by atoms with Crippen LogP contribution in [0.2, 0.25) is 0 Å². The molecule has 2 heterocycles. The first-order valence-corrected chi connectivity index (χ1v) is 8.09. The van der Waals surface area contributed by atoms with Crippen molar-refractivity contribution in [2.24, 2.45) is 10.9 Å². The van der Waals surface area contributed by atoms with Gasteiger partial charge >= 0.3 is 5.97 Å². The van der Waals surface area contributed by atoms with Gasteiger partial charge in [0.25, 0.3) is 0 Å². The van der Waals surface area contributed by atoms with Crippen molar-refractivity contribution in [1.82, 2.24) is 15.2 Å². The summed E-state index contributed by atoms with van der Waals surface area (Å²) in [6, 6.07) is 4.14. The lowest BCUT2D eigenvalue weighted by Crippen LogP contribution is -2.47. The minimum Gasteiger partial charge on any atom is -0.469 e. The molecule has 0 unspecified atom stereocenters. The molecule has 0 aromatic carbocycles. The molecule has 1 fully saturated rings.